The molecule has 3 unspecified atom stereocenters. The lowest BCUT2D eigenvalue weighted by atomic mass is 9.74. The Morgan fingerprint density at radius 2 is 2.35 bits per heavy atom. The summed E-state index contributed by atoms with van der Waals surface area (Å²) in [4.78, 5) is 11.2. The van der Waals surface area contributed by atoms with E-state index >= 15 is 0 Å². The second-order valence-electron chi connectivity index (χ2n) is 4.37. The molecule has 0 radical (unpaired) electrons. The van der Waals surface area contributed by atoms with Crippen LogP contribution in [0.2, 0.25) is 0 Å². The number of halogens is 1. The maximum atomic E-state index is 11.2. The molecule has 3 rings (SSSR count). The molecule has 17 heavy (non-hydrogen) atoms. The van der Waals surface area contributed by atoms with Gasteiger partial charge in [0.25, 0.3) is 0 Å². The third-order valence-corrected chi connectivity index (χ3v) is 5.07. The number of nitrogens with one attached hydrogen (secondary N) is 1. The molecular weight excluding hydrogens is 258 g/mol. The summed E-state index contributed by atoms with van der Waals surface area (Å²) >= 11 is 1.65. The Morgan fingerprint density at radius 1 is 1.53 bits per heavy atom. The molecular formula is C12H14ClNO2S. The van der Waals surface area contributed by atoms with Crippen molar-refractivity contribution in [2.24, 2.45) is 5.92 Å². The van der Waals surface area contributed by atoms with Crippen LogP contribution < -0.4 is 5.32 Å². The fourth-order valence-electron chi connectivity index (χ4n) is 2.84. The van der Waals surface area contributed by atoms with Crippen LogP contribution in [-0.4, -0.2) is 28.4 Å². The fourth-order valence-corrected chi connectivity index (χ4v) is 4.32. The van der Waals surface area contributed by atoms with Gasteiger partial charge in [0.15, 0.2) is 0 Å². The van der Waals surface area contributed by atoms with Crippen molar-refractivity contribution in [2.75, 3.05) is 6.54 Å². The van der Waals surface area contributed by atoms with Gasteiger partial charge in [-0.05, 0) is 18.4 Å². The highest BCUT2D eigenvalue weighted by Crippen LogP contribution is 2.52. The van der Waals surface area contributed by atoms with E-state index in [2.05, 4.69) is 17.5 Å². The molecule has 3 aliphatic rings. The van der Waals surface area contributed by atoms with Crippen LogP contribution in [0, 0.1) is 5.92 Å². The van der Waals surface area contributed by atoms with E-state index < -0.39 is 5.97 Å². The Hall–Kier alpha value is -0.710. The van der Waals surface area contributed by atoms with Gasteiger partial charge in [-0.25, -0.2) is 4.79 Å². The molecule has 92 valence electrons. The molecule has 3 nitrogen and oxygen atoms in total. The highest BCUT2D eigenvalue weighted by atomic mass is 35.5. The first-order valence-electron chi connectivity index (χ1n) is 5.44. The molecule has 0 aromatic heterocycles. The molecule has 0 aromatic rings. The van der Waals surface area contributed by atoms with Crippen LogP contribution in [0.25, 0.3) is 0 Å². The number of carbonyl (C=O) groups is 1. The van der Waals surface area contributed by atoms with Crippen molar-refractivity contribution < 1.29 is 9.90 Å². The summed E-state index contributed by atoms with van der Waals surface area (Å²) < 4.78 is -0.0965. The fraction of sp³-hybridized carbons (Fsp3) is 0.417. The third kappa shape index (κ3) is 1.75. The lowest BCUT2D eigenvalue weighted by Crippen LogP contribution is -2.55. The molecule has 1 spiro atoms. The van der Waals surface area contributed by atoms with Crippen LogP contribution in [0.4, 0.5) is 0 Å². The predicted molar refractivity (Wildman–Crippen MR) is 71.5 cm³/mol. The second kappa shape index (κ2) is 4.52. The number of carboxylic acid groups (broad SMARTS) is 1. The summed E-state index contributed by atoms with van der Waals surface area (Å²) in [7, 11) is 0. The Balaban J connectivity index is 0.00000108. The van der Waals surface area contributed by atoms with Crippen molar-refractivity contribution >= 4 is 30.1 Å². The van der Waals surface area contributed by atoms with Crippen LogP contribution in [0.15, 0.2) is 35.3 Å². The highest BCUT2D eigenvalue weighted by molar-refractivity contribution is 8.04. The van der Waals surface area contributed by atoms with Gasteiger partial charge in [0.1, 0.15) is 0 Å². The SMILES string of the molecule is Cl.O=C(O)C1=CSC23C=CC=CC2NCCC13. The number of hydrogen-bond acceptors (Lipinski definition) is 3. The zero-order valence-corrected chi connectivity index (χ0v) is 10.8. The first kappa shape index (κ1) is 12.7. The number of piperidine rings is 1. The Kier molecular flexibility index (Phi) is 3.39. The van der Waals surface area contributed by atoms with E-state index in [4.69, 9.17) is 0 Å². The van der Waals surface area contributed by atoms with Gasteiger partial charge in [0.2, 0.25) is 0 Å². The topological polar surface area (TPSA) is 49.3 Å². The van der Waals surface area contributed by atoms with Gasteiger partial charge in [-0.2, -0.15) is 0 Å². The minimum absolute atomic E-state index is 0. The normalized spacial score (nSPS) is 37.8. The van der Waals surface area contributed by atoms with Crippen molar-refractivity contribution in [1.29, 1.82) is 0 Å². The van der Waals surface area contributed by atoms with E-state index in [0.29, 0.717) is 5.57 Å². The first-order valence-corrected chi connectivity index (χ1v) is 6.32. The number of rotatable bonds is 1. The molecule has 2 N–H and O–H groups in total. The van der Waals surface area contributed by atoms with Gasteiger partial charge < -0.3 is 10.4 Å². The largest absolute Gasteiger partial charge is 0.478 e. The molecule has 2 heterocycles. The van der Waals surface area contributed by atoms with Crippen molar-refractivity contribution in [2.45, 2.75) is 17.2 Å². The molecule has 1 aliphatic carbocycles. The van der Waals surface area contributed by atoms with E-state index in [1.807, 2.05) is 17.6 Å². The van der Waals surface area contributed by atoms with Crippen LogP contribution in [-0.2, 0) is 4.79 Å². The smallest absolute Gasteiger partial charge is 0.332 e. The van der Waals surface area contributed by atoms with Gasteiger partial charge in [-0.15, -0.1) is 24.2 Å². The molecule has 2 aliphatic heterocycles. The molecule has 1 fully saturated rings. The number of thioether (sulfide) groups is 1. The third-order valence-electron chi connectivity index (χ3n) is 3.61. The van der Waals surface area contributed by atoms with Gasteiger partial charge >= 0.3 is 5.97 Å². The van der Waals surface area contributed by atoms with Crippen LogP contribution in [0.1, 0.15) is 6.42 Å². The highest BCUT2D eigenvalue weighted by Gasteiger charge is 2.51. The average molecular weight is 272 g/mol. The van der Waals surface area contributed by atoms with Crippen molar-refractivity contribution in [3.8, 4) is 0 Å². The lowest BCUT2D eigenvalue weighted by molar-refractivity contribution is -0.133. The first-order chi connectivity index (χ1) is 7.74. The predicted octanol–water partition coefficient (Wildman–Crippen LogP) is 1.97. The minimum Gasteiger partial charge on any atom is -0.478 e. The van der Waals surface area contributed by atoms with E-state index in [-0.39, 0.29) is 29.1 Å². The minimum atomic E-state index is -0.766. The molecule has 0 saturated carbocycles. The van der Waals surface area contributed by atoms with Crippen LogP contribution >= 0.6 is 24.2 Å². The van der Waals surface area contributed by atoms with E-state index in [0.717, 1.165) is 13.0 Å². The maximum Gasteiger partial charge on any atom is 0.332 e. The van der Waals surface area contributed by atoms with Gasteiger partial charge in [0.05, 0.1) is 4.75 Å². The van der Waals surface area contributed by atoms with E-state index in [1.165, 1.54) is 0 Å². The maximum absolute atomic E-state index is 11.2. The Bertz CT molecular complexity index is 432. The number of carboxylic acids is 1. The summed E-state index contributed by atoms with van der Waals surface area (Å²) in [5, 5.41) is 14.5. The number of hydrogen-bond donors (Lipinski definition) is 2. The van der Waals surface area contributed by atoms with Crippen LogP contribution in [0.5, 0.6) is 0 Å². The molecule has 1 saturated heterocycles. The summed E-state index contributed by atoms with van der Waals surface area (Å²) in [6, 6.07) is 0.259. The molecule has 0 aromatic carbocycles. The summed E-state index contributed by atoms with van der Waals surface area (Å²) in [6.45, 7) is 0.889. The zero-order valence-electron chi connectivity index (χ0n) is 9.13. The van der Waals surface area contributed by atoms with Gasteiger partial charge in [0, 0.05) is 17.5 Å². The van der Waals surface area contributed by atoms with E-state index in [9.17, 15) is 9.90 Å². The monoisotopic (exact) mass is 271 g/mol. The number of allylic oxidation sites excluding steroid dienone is 2. The quantitative estimate of drug-likeness (QED) is 0.766. The number of aliphatic carboxylic acids is 1. The molecule has 3 atom stereocenters. The van der Waals surface area contributed by atoms with Gasteiger partial charge in [-0.1, -0.05) is 24.3 Å². The van der Waals surface area contributed by atoms with Crippen molar-refractivity contribution in [3.05, 3.63) is 35.3 Å². The molecule has 0 bridgehead atoms. The zero-order chi connectivity index (χ0) is 11.2. The van der Waals surface area contributed by atoms with Crippen molar-refractivity contribution in [3.63, 3.8) is 0 Å². The second-order valence-corrected chi connectivity index (χ2v) is 5.55. The Labute approximate surface area is 110 Å². The summed E-state index contributed by atoms with van der Waals surface area (Å²) in [5.41, 5.74) is 0.580. The standard InChI is InChI=1S/C12H13NO2S.ClH/c14-11(15)8-7-16-12-5-2-1-3-10(12)13-6-4-9(8)12;/h1-3,5,7,9-10,13H,4,6H2,(H,14,15);1H. The van der Waals surface area contributed by atoms with Crippen LogP contribution in [0.3, 0.4) is 0 Å². The van der Waals surface area contributed by atoms with Gasteiger partial charge in [-0.3, -0.25) is 0 Å². The molecule has 0 amide bonds. The molecule has 5 heteroatoms. The average Bonchev–Trinajstić information content (AvgIpc) is 2.66. The van der Waals surface area contributed by atoms with E-state index in [1.54, 1.807) is 11.8 Å². The van der Waals surface area contributed by atoms with Crippen molar-refractivity contribution in [1.82, 2.24) is 5.32 Å². The lowest BCUT2D eigenvalue weighted by Gasteiger charge is -2.44. The Morgan fingerprint density at radius 3 is 3.12 bits per heavy atom. The summed E-state index contributed by atoms with van der Waals surface area (Å²) in [6.07, 6.45) is 9.26. The summed E-state index contributed by atoms with van der Waals surface area (Å²) in [5.74, 6) is -0.625.